The molecule has 1 saturated heterocycles. The SMILES string of the molecule is CC1CC=C(c2ccc3nn(C4CC(C)(C)N(C)C(C)(C)C4)cc3c2)NC1. The van der Waals surface area contributed by atoms with Crippen LogP contribution in [0.2, 0.25) is 0 Å². The van der Waals surface area contributed by atoms with Crippen LogP contribution >= 0.6 is 0 Å². The minimum Gasteiger partial charge on any atom is -0.385 e. The summed E-state index contributed by atoms with van der Waals surface area (Å²) in [6.45, 7) is 12.8. The molecule has 146 valence electrons. The molecule has 0 saturated carbocycles. The number of benzene rings is 1. The molecule has 0 aliphatic carbocycles. The number of allylic oxidation sites excluding steroid dienone is 1. The van der Waals surface area contributed by atoms with Crippen molar-refractivity contribution >= 4 is 16.6 Å². The number of hydrogen-bond donors (Lipinski definition) is 1. The molecule has 1 atom stereocenters. The van der Waals surface area contributed by atoms with E-state index in [2.05, 4.69) is 87.0 Å². The number of nitrogens with one attached hydrogen (secondary N) is 1. The van der Waals surface area contributed by atoms with Gasteiger partial charge in [-0.05, 0) is 77.6 Å². The monoisotopic (exact) mass is 366 g/mol. The third-order valence-electron chi connectivity index (χ3n) is 6.86. The van der Waals surface area contributed by atoms with Crippen LogP contribution in [0.1, 0.15) is 65.5 Å². The van der Waals surface area contributed by atoms with Gasteiger partial charge in [-0.1, -0.05) is 19.1 Å². The second-order valence-corrected chi connectivity index (χ2v) is 9.97. The van der Waals surface area contributed by atoms with Gasteiger partial charge in [0.1, 0.15) is 0 Å². The Labute approximate surface area is 163 Å². The van der Waals surface area contributed by atoms with Crippen molar-refractivity contribution in [1.82, 2.24) is 20.0 Å². The van der Waals surface area contributed by atoms with E-state index < -0.39 is 0 Å². The minimum absolute atomic E-state index is 0.170. The summed E-state index contributed by atoms with van der Waals surface area (Å²) in [5, 5.41) is 9.76. The quantitative estimate of drug-likeness (QED) is 0.826. The van der Waals surface area contributed by atoms with Gasteiger partial charge in [0.15, 0.2) is 0 Å². The zero-order valence-electron chi connectivity index (χ0n) is 17.7. The zero-order chi connectivity index (χ0) is 19.4. The normalized spacial score (nSPS) is 26.0. The molecule has 1 N–H and O–H groups in total. The fourth-order valence-corrected chi connectivity index (χ4v) is 4.88. The van der Waals surface area contributed by atoms with Crippen molar-refractivity contribution < 1.29 is 0 Å². The summed E-state index contributed by atoms with van der Waals surface area (Å²) in [6.07, 6.45) is 7.99. The number of fused-ring (bicyclic) bond motifs is 1. The van der Waals surface area contributed by atoms with Crippen LogP contribution in [0.5, 0.6) is 0 Å². The standard InChI is InChI=1S/C23H34N4/c1-16-7-9-20(24-14-16)17-8-10-21-18(11-17)15-27(25-21)19-12-22(2,3)26(6)23(4,5)13-19/h8-11,15-16,19,24H,7,12-14H2,1-6H3. The summed E-state index contributed by atoms with van der Waals surface area (Å²) in [7, 11) is 2.26. The van der Waals surface area contributed by atoms with Crippen molar-refractivity contribution in [1.29, 1.82) is 0 Å². The second-order valence-electron chi connectivity index (χ2n) is 9.97. The Morgan fingerprint density at radius 1 is 1.11 bits per heavy atom. The lowest BCUT2D eigenvalue weighted by molar-refractivity contribution is -0.0284. The van der Waals surface area contributed by atoms with Gasteiger partial charge in [-0.25, -0.2) is 0 Å². The number of rotatable bonds is 2. The minimum atomic E-state index is 0.170. The van der Waals surface area contributed by atoms with Crippen molar-refractivity contribution in [2.45, 2.75) is 71.0 Å². The number of hydrogen-bond acceptors (Lipinski definition) is 3. The van der Waals surface area contributed by atoms with Gasteiger partial charge in [-0.15, -0.1) is 0 Å². The first-order valence-corrected chi connectivity index (χ1v) is 10.3. The molecule has 4 nitrogen and oxygen atoms in total. The van der Waals surface area contributed by atoms with Gasteiger partial charge in [-0.3, -0.25) is 9.58 Å². The first kappa shape index (κ1) is 18.5. The predicted molar refractivity (Wildman–Crippen MR) is 114 cm³/mol. The fraction of sp³-hybridized carbons (Fsp3) is 0.609. The Bertz CT molecular complexity index is 856. The Hall–Kier alpha value is -1.81. The van der Waals surface area contributed by atoms with E-state index >= 15 is 0 Å². The first-order chi connectivity index (χ1) is 12.7. The molecule has 4 heteroatoms. The van der Waals surface area contributed by atoms with Gasteiger partial charge in [0, 0.05) is 34.9 Å². The van der Waals surface area contributed by atoms with Crippen LogP contribution in [0, 0.1) is 5.92 Å². The number of piperidine rings is 1. The highest BCUT2D eigenvalue weighted by Crippen LogP contribution is 2.42. The van der Waals surface area contributed by atoms with Gasteiger partial charge < -0.3 is 5.32 Å². The van der Waals surface area contributed by atoms with Gasteiger partial charge in [-0.2, -0.15) is 5.10 Å². The molecule has 27 heavy (non-hydrogen) atoms. The average Bonchev–Trinajstić information content (AvgIpc) is 3.03. The number of aromatic nitrogens is 2. The summed E-state index contributed by atoms with van der Waals surface area (Å²) in [5.74, 6) is 0.719. The van der Waals surface area contributed by atoms with E-state index in [1.807, 2.05) is 0 Å². The highest BCUT2D eigenvalue weighted by molar-refractivity contribution is 5.83. The fourth-order valence-electron chi connectivity index (χ4n) is 4.88. The zero-order valence-corrected chi connectivity index (χ0v) is 17.7. The third kappa shape index (κ3) is 3.40. The number of likely N-dealkylation sites (tertiary alicyclic amines) is 1. The molecule has 1 aromatic carbocycles. The van der Waals surface area contributed by atoms with E-state index in [9.17, 15) is 0 Å². The molecule has 0 radical (unpaired) electrons. The molecule has 4 rings (SSSR count). The molecule has 0 bridgehead atoms. The molecule has 3 heterocycles. The summed E-state index contributed by atoms with van der Waals surface area (Å²) >= 11 is 0. The van der Waals surface area contributed by atoms with E-state index in [0.717, 1.165) is 37.2 Å². The summed E-state index contributed by atoms with van der Waals surface area (Å²) < 4.78 is 2.23. The van der Waals surface area contributed by atoms with Crippen LogP contribution in [-0.4, -0.2) is 39.4 Å². The molecule has 1 unspecified atom stereocenters. The Morgan fingerprint density at radius 3 is 2.44 bits per heavy atom. The summed E-state index contributed by atoms with van der Waals surface area (Å²) in [5.41, 5.74) is 3.98. The van der Waals surface area contributed by atoms with E-state index in [1.165, 1.54) is 16.6 Å². The largest absolute Gasteiger partial charge is 0.385 e. The van der Waals surface area contributed by atoms with Crippen molar-refractivity contribution in [3.8, 4) is 0 Å². The van der Waals surface area contributed by atoms with Crippen molar-refractivity contribution in [3.63, 3.8) is 0 Å². The molecule has 1 fully saturated rings. The summed E-state index contributed by atoms with van der Waals surface area (Å²) in [6, 6.07) is 7.11. The summed E-state index contributed by atoms with van der Waals surface area (Å²) in [4.78, 5) is 2.53. The molecule has 1 aromatic heterocycles. The topological polar surface area (TPSA) is 33.1 Å². The smallest absolute Gasteiger partial charge is 0.0923 e. The van der Waals surface area contributed by atoms with E-state index in [4.69, 9.17) is 5.10 Å². The second kappa shape index (κ2) is 6.37. The van der Waals surface area contributed by atoms with Gasteiger partial charge in [0.2, 0.25) is 0 Å². The van der Waals surface area contributed by atoms with Gasteiger partial charge in [0.25, 0.3) is 0 Å². The van der Waals surface area contributed by atoms with Crippen LogP contribution in [0.15, 0.2) is 30.5 Å². The van der Waals surface area contributed by atoms with E-state index in [1.54, 1.807) is 0 Å². The third-order valence-corrected chi connectivity index (χ3v) is 6.86. The van der Waals surface area contributed by atoms with Gasteiger partial charge >= 0.3 is 0 Å². The van der Waals surface area contributed by atoms with E-state index in [0.29, 0.717) is 6.04 Å². The lowest BCUT2D eigenvalue weighted by Crippen LogP contribution is -2.58. The van der Waals surface area contributed by atoms with E-state index in [-0.39, 0.29) is 11.1 Å². The van der Waals surface area contributed by atoms with Crippen molar-refractivity contribution in [2.75, 3.05) is 13.6 Å². The molecule has 2 aliphatic heterocycles. The lowest BCUT2D eigenvalue weighted by Gasteiger charge is -2.53. The Kier molecular flexibility index (Phi) is 4.38. The van der Waals surface area contributed by atoms with Crippen LogP contribution < -0.4 is 5.32 Å². The maximum atomic E-state index is 4.95. The predicted octanol–water partition coefficient (Wildman–Crippen LogP) is 4.83. The molecule has 0 spiro atoms. The maximum absolute atomic E-state index is 4.95. The number of nitrogens with zero attached hydrogens (tertiary/aromatic N) is 3. The first-order valence-electron chi connectivity index (χ1n) is 10.3. The van der Waals surface area contributed by atoms with Crippen LogP contribution in [-0.2, 0) is 0 Å². The Morgan fingerprint density at radius 2 is 1.81 bits per heavy atom. The molecule has 2 aromatic rings. The van der Waals surface area contributed by atoms with Gasteiger partial charge in [0.05, 0.1) is 11.6 Å². The van der Waals surface area contributed by atoms with Crippen LogP contribution in [0.25, 0.3) is 16.6 Å². The molecule has 2 aliphatic rings. The lowest BCUT2D eigenvalue weighted by atomic mass is 9.77. The highest BCUT2D eigenvalue weighted by Gasteiger charge is 2.43. The maximum Gasteiger partial charge on any atom is 0.0923 e. The van der Waals surface area contributed by atoms with Crippen LogP contribution in [0.4, 0.5) is 0 Å². The highest BCUT2D eigenvalue weighted by atomic mass is 15.3. The average molecular weight is 367 g/mol. The molecule has 0 amide bonds. The van der Waals surface area contributed by atoms with Crippen molar-refractivity contribution in [3.05, 3.63) is 36.0 Å². The van der Waals surface area contributed by atoms with Crippen LogP contribution in [0.3, 0.4) is 0 Å². The Balaban J connectivity index is 1.64. The molecular weight excluding hydrogens is 332 g/mol. The molecular formula is C23H34N4. The van der Waals surface area contributed by atoms with Crippen molar-refractivity contribution in [2.24, 2.45) is 5.92 Å².